The van der Waals surface area contributed by atoms with Crippen LogP contribution in [0.5, 0.6) is 5.75 Å². The van der Waals surface area contributed by atoms with E-state index in [2.05, 4.69) is 10.6 Å². The van der Waals surface area contributed by atoms with Crippen LogP contribution >= 0.6 is 0 Å². The number of carbonyl (C=O) groups is 1. The maximum Gasteiger partial charge on any atom is 0.323 e. The van der Waals surface area contributed by atoms with Crippen LogP contribution in [0, 0.1) is 0 Å². The molecule has 2 amide bonds. The number of anilines is 3. The normalized spacial score (nSPS) is 12.3. The van der Waals surface area contributed by atoms with E-state index in [1.807, 2.05) is 61.5 Å². The standard InChI is InChI=1S/C17H19N3O2/c1-20(2)15-6-3-13(4-7-15)18-17(21)19-14-5-8-16-12(11-14)9-10-22-16/h3-8,11H,9-10H2,1-2H3,(H2,18,19,21). The van der Waals surface area contributed by atoms with Crippen molar-refractivity contribution in [3.05, 3.63) is 48.0 Å². The number of fused-ring (bicyclic) bond motifs is 1. The molecule has 0 fully saturated rings. The molecule has 0 atom stereocenters. The summed E-state index contributed by atoms with van der Waals surface area (Å²) in [5, 5.41) is 5.67. The lowest BCUT2D eigenvalue weighted by Crippen LogP contribution is -2.19. The molecule has 0 saturated carbocycles. The van der Waals surface area contributed by atoms with Crippen LogP contribution in [-0.4, -0.2) is 26.7 Å². The summed E-state index contributed by atoms with van der Waals surface area (Å²) in [5.74, 6) is 0.908. The van der Waals surface area contributed by atoms with Crippen molar-refractivity contribution in [2.45, 2.75) is 6.42 Å². The maximum atomic E-state index is 12.0. The van der Waals surface area contributed by atoms with Gasteiger partial charge in [-0.25, -0.2) is 4.79 Å². The topological polar surface area (TPSA) is 53.6 Å². The molecule has 3 rings (SSSR count). The average molecular weight is 297 g/mol. The summed E-state index contributed by atoms with van der Waals surface area (Å²) in [4.78, 5) is 14.0. The summed E-state index contributed by atoms with van der Waals surface area (Å²) in [5.41, 5.74) is 3.75. The summed E-state index contributed by atoms with van der Waals surface area (Å²) in [6.45, 7) is 0.712. The molecule has 0 unspecified atom stereocenters. The van der Waals surface area contributed by atoms with Crippen LogP contribution in [0.2, 0.25) is 0 Å². The summed E-state index contributed by atoms with van der Waals surface area (Å²) >= 11 is 0. The fourth-order valence-electron chi connectivity index (χ4n) is 2.40. The monoisotopic (exact) mass is 297 g/mol. The van der Waals surface area contributed by atoms with E-state index in [1.165, 1.54) is 0 Å². The van der Waals surface area contributed by atoms with Crippen molar-refractivity contribution in [3.8, 4) is 5.75 Å². The van der Waals surface area contributed by atoms with Crippen LogP contribution < -0.4 is 20.3 Å². The van der Waals surface area contributed by atoms with Gasteiger partial charge in [0, 0.05) is 37.6 Å². The smallest absolute Gasteiger partial charge is 0.323 e. The van der Waals surface area contributed by atoms with Crippen molar-refractivity contribution >= 4 is 23.1 Å². The number of carbonyl (C=O) groups excluding carboxylic acids is 1. The maximum absolute atomic E-state index is 12.0. The molecule has 5 nitrogen and oxygen atoms in total. The van der Waals surface area contributed by atoms with Gasteiger partial charge in [0.25, 0.3) is 0 Å². The molecule has 2 aromatic carbocycles. The van der Waals surface area contributed by atoms with Gasteiger partial charge in [0.05, 0.1) is 6.61 Å². The Hall–Kier alpha value is -2.69. The predicted molar refractivity (Wildman–Crippen MR) is 89.1 cm³/mol. The average Bonchev–Trinajstić information content (AvgIpc) is 2.95. The Labute approximate surface area is 129 Å². The summed E-state index contributed by atoms with van der Waals surface area (Å²) in [7, 11) is 3.96. The number of rotatable bonds is 3. The Balaban J connectivity index is 1.62. The van der Waals surface area contributed by atoms with Gasteiger partial charge in [0.2, 0.25) is 0 Å². The van der Waals surface area contributed by atoms with Gasteiger partial charge in [-0.2, -0.15) is 0 Å². The second kappa shape index (κ2) is 5.97. The van der Waals surface area contributed by atoms with Gasteiger partial charge in [0.15, 0.2) is 0 Å². The van der Waals surface area contributed by atoms with Gasteiger partial charge in [-0.1, -0.05) is 0 Å². The van der Waals surface area contributed by atoms with Crippen LogP contribution in [0.3, 0.4) is 0 Å². The largest absolute Gasteiger partial charge is 0.493 e. The predicted octanol–water partition coefficient (Wildman–Crippen LogP) is 3.33. The van der Waals surface area contributed by atoms with E-state index in [9.17, 15) is 4.79 Å². The van der Waals surface area contributed by atoms with Gasteiger partial charge in [-0.05, 0) is 48.0 Å². The van der Waals surface area contributed by atoms with Crippen molar-refractivity contribution in [2.75, 3.05) is 36.2 Å². The van der Waals surface area contributed by atoms with Crippen LogP contribution in [0.25, 0.3) is 0 Å². The van der Waals surface area contributed by atoms with Crippen LogP contribution in [0.15, 0.2) is 42.5 Å². The lowest BCUT2D eigenvalue weighted by molar-refractivity contribution is 0.262. The zero-order valence-corrected chi connectivity index (χ0v) is 12.7. The number of nitrogens with one attached hydrogen (secondary N) is 2. The number of benzene rings is 2. The van der Waals surface area contributed by atoms with Crippen LogP contribution in [-0.2, 0) is 6.42 Å². The van der Waals surface area contributed by atoms with Gasteiger partial charge >= 0.3 is 6.03 Å². The number of urea groups is 1. The molecule has 1 aliphatic rings. The molecule has 0 radical (unpaired) electrons. The van der Waals surface area contributed by atoms with Gasteiger partial charge in [-0.15, -0.1) is 0 Å². The Morgan fingerprint density at radius 1 is 1.05 bits per heavy atom. The van der Waals surface area contributed by atoms with E-state index in [0.29, 0.717) is 6.61 Å². The highest BCUT2D eigenvalue weighted by atomic mass is 16.5. The third-order valence-electron chi connectivity index (χ3n) is 3.59. The lowest BCUT2D eigenvalue weighted by atomic mass is 10.1. The molecule has 0 aliphatic carbocycles. The number of amides is 2. The first-order valence-corrected chi connectivity index (χ1v) is 7.23. The molecular formula is C17H19N3O2. The van der Waals surface area contributed by atoms with E-state index in [1.54, 1.807) is 0 Å². The molecule has 2 aromatic rings. The van der Waals surface area contributed by atoms with Crippen molar-refractivity contribution in [1.82, 2.24) is 0 Å². The fraction of sp³-hybridized carbons (Fsp3) is 0.235. The van der Waals surface area contributed by atoms with E-state index in [4.69, 9.17) is 4.74 Å². The lowest BCUT2D eigenvalue weighted by Gasteiger charge is -2.13. The van der Waals surface area contributed by atoms with Gasteiger partial charge in [-0.3, -0.25) is 0 Å². The molecule has 0 spiro atoms. The molecule has 0 bridgehead atoms. The van der Waals surface area contributed by atoms with Crippen molar-refractivity contribution in [1.29, 1.82) is 0 Å². The van der Waals surface area contributed by atoms with Gasteiger partial charge in [0.1, 0.15) is 5.75 Å². The van der Waals surface area contributed by atoms with E-state index >= 15 is 0 Å². The molecule has 2 N–H and O–H groups in total. The number of hydrogen-bond acceptors (Lipinski definition) is 3. The fourth-order valence-corrected chi connectivity index (χ4v) is 2.40. The summed E-state index contributed by atoms with van der Waals surface area (Å²) in [6.07, 6.45) is 0.887. The second-order valence-corrected chi connectivity index (χ2v) is 5.44. The minimum Gasteiger partial charge on any atom is -0.493 e. The highest BCUT2D eigenvalue weighted by Crippen LogP contribution is 2.27. The Kier molecular flexibility index (Phi) is 3.87. The molecule has 0 aromatic heterocycles. The highest BCUT2D eigenvalue weighted by molar-refractivity contribution is 5.99. The SMILES string of the molecule is CN(C)c1ccc(NC(=O)Nc2ccc3c(c2)CCO3)cc1. The molecule has 114 valence electrons. The Morgan fingerprint density at radius 2 is 1.73 bits per heavy atom. The van der Waals surface area contributed by atoms with E-state index in [0.717, 1.165) is 34.8 Å². The van der Waals surface area contributed by atoms with Crippen LogP contribution in [0.1, 0.15) is 5.56 Å². The number of hydrogen-bond donors (Lipinski definition) is 2. The zero-order chi connectivity index (χ0) is 15.5. The molecule has 0 saturated heterocycles. The quantitative estimate of drug-likeness (QED) is 0.913. The Morgan fingerprint density at radius 3 is 2.45 bits per heavy atom. The van der Waals surface area contributed by atoms with E-state index in [-0.39, 0.29) is 6.03 Å². The molecule has 5 heteroatoms. The highest BCUT2D eigenvalue weighted by Gasteiger charge is 2.13. The van der Waals surface area contributed by atoms with Crippen molar-refractivity contribution < 1.29 is 9.53 Å². The van der Waals surface area contributed by atoms with E-state index < -0.39 is 0 Å². The molecule has 22 heavy (non-hydrogen) atoms. The number of nitrogens with zero attached hydrogens (tertiary/aromatic N) is 1. The minimum absolute atomic E-state index is 0.253. The van der Waals surface area contributed by atoms with Crippen molar-refractivity contribution in [2.24, 2.45) is 0 Å². The third kappa shape index (κ3) is 3.14. The third-order valence-corrected chi connectivity index (χ3v) is 3.59. The van der Waals surface area contributed by atoms with Gasteiger partial charge < -0.3 is 20.3 Å². The first-order valence-electron chi connectivity index (χ1n) is 7.23. The van der Waals surface area contributed by atoms with Crippen molar-refractivity contribution in [3.63, 3.8) is 0 Å². The molecular weight excluding hydrogens is 278 g/mol. The second-order valence-electron chi connectivity index (χ2n) is 5.44. The molecule has 1 heterocycles. The summed E-state index contributed by atoms with van der Waals surface area (Å²) < 4.78 is 5.45. The minimum atomic E-state index is -0.253. The summed E-state index contributed by atoms with van der Waals surface area (Å²) in [6, 6.07) is 13.1. The molecule has 1 aliphatic heterocycles. The van der Waals surface area contributed by atoms with Crippen LogP contribution in [0.4, 0.5) is 21.9 Å². The number of ether oxygens (including phenoxy) is 1. The zero-order valence-electron chi connectivity index (χ0n) is 12.7. The first kappa shape index (κ1) is 14.3. The Bertz CT molecular complexity index is 681. The first-order chi connectivity index (χ1) is 10.6.